The second-order valence-electron chi connectivity index (χ2n) is 9.68. The van der Waals surface area contributed by atoms with Crippen LogP contribution in [0.25, 0.3) is 0 Å². The normalized spacial score (nSPS) is 35.0. The average Bonchev–Trinajstić information content (AvgIpc) is 2.71. The summed E-state index contributed by atoms with van der Waals surface area (Å²) in [5, 5.41) is -0.571. The largest absolute Gasteiger partial charge is 0.426 e. The lowest BCUT2D eigenvalue weighted by Crippen LogP contribution is -2.40. The first-order chi connectivity index (χ1) is 13.9. The third-order valence-electron chi connectivity index (χ3n) is 7.89. The summed E-state index contributed by atoms with van der Waals surface area (Å²) in [5.41, 5.74) is 0. The standard InChI is InChI=1S/C24H31ClF2O2/c1-14-5-7-15(8-6-14)16-9-10-19-17(11-16)3-2-4-20(19)24(28)29-18-12-21(26)23(25)22(27)13-18/h12-17,19-20H,2-11H2,1H3. The van der Waals surface area contributed by atoms with E-state index in [0.29, 0.717) is 11.8 Å². The van der Waals surface area contributed by atoms with E-state index in [1.165, 1.54) is 44.9 Å². The molecule has 29 heavy (non-hydrogen) atoms. The van der Waals surface area contributed by atoms with Crippen molar-refractivity contribution in [3.63, 3.8) is 0 Å². The fraction of sp³-hybridized carbons (Fsp3) is 0.708. The molecule has 4 rings (SSSR count). The van der Waals surface area contributed by atoms with Crippen LogP contribution in [-0.2, 0) is 4.79 Å². The number of fused-ring (bicyclic) bond motifs is 1. The third-order valence-corrected chi connectivity index (χ3v) is 8.26. The molecule has 3 saturated carbocycles. The number of hydrogen-bond donors (Lipinski definition) is 0. The van der Waals surface area contributed by atoms with Crippen molar-refractivity contribution in [1.82, 2.24) is 0 Å². The molecule has 4 unspecified atom stereocenters. The number of benzene rings is 1. The Hall–Kier alpha value is -1.16. The maximum Gasteiger partial charge on any atom is 0.314 e. The van der Waals surface area contributed by atoms with Gasteiger partial charge in [-0.3, -0.25) is 4.79 Å². The summed E-state index contributed by atoms with van der Waals surface area (Å²) in [5.74, 6) is 1.05. The molecule has 3 aliphatic carbocycles. The summed E-state index contributed by atoms with van der Waals surface area (Å²) in [6.07, 6.45) is 12.0. The molecule has 0 aliphatic heterocycles. The van der Waals surface area contributed by atoms with Gasteiger partial charge >= 0.3 is 5.97 Å². The Morgan fingerprint density at radius 3 is 2.28 bits per heavy atom. The van der Waals surface area contributed by atoms with Gasteiger partial charge in [0, 0.05) is 12.1 Å². The van der Waals surface area contributed by atoms with E-state index in [-0.39, 0.29) is 17.6 Å². The van der Waals surface area contributed by atoms with Crippen LogP contribution in [0.2, 0.25) is 5.02 Å². The van der Waals surface area contributed by atoms with Gasteiger partial charge in [-0.25, -0.2) is 8.78 Å². The maximum absolute atomic E-state index is 13.7. The molecule has 2 nitrogen and oxygen atoms in total. The highest BCUT2D eigenvalue weighted by Crippen LogP contribution is 2.50. The molecule has 1 aromatic rings. The van der Waals surface area contributed by atoms with Crippen molar-refractivity contribution in [2.24, 2.45) is 35.5 Å². The maximum atomic E-state index is 13.7. The summed E-state index contributed by atoms with van der Waals surface area (Å²) >= 11 is 5.52. The number of rotatable bonds is 3. The van der Waals surface area contributed by atoms with Gasteiger partial charge in [0.25, 0.3) is 0 Å². The fourth-order valence-electron chi connectivity index (χ4n) is 6.26. The Morgan fingerprint density at radius 2 is 1.59 bits per heavy atom. The predicted octanol–water partition coefficient (Wildman–Crippen LogP) is 7.18. The first kappa shape index (κ1) is 21.1. The molecule has 0 amide bonds. The van der Waals surface area contributed by atoms with Crippen LogP contribution >= 0.6 is 11.6 Å². The minimum absolute atomic E-state index is 0.0958. The highest BCUT2D eigenvalue weighted by molar-refractivity contribution is 6.30. The smallest absolute Gasteiger partial charge is 0.314 e. The summed E-state index contributed by atoms with van der Waals surface area (Å²) in [7, 11) is 0. The first-order valence-corrected chi connectivity index (χ1v) is 11.7. The molecule has 0 N–H and O–H groups in total. The van der Waals surface area contributed by atoms with E-state index in [1.807, 2.05) is 0 Å². The van der Waals surface area contributed by atoms with E-state index in [0.717, 1.165) is 49.1 Å². The average molecular weight is 425 g/mol. The molecule has 0 saturated heterocycles. The zero-order chi connectivity index (χ0) is 20.5. The Morgan fingerprint density at radius 1 is 0.931 bits per heavy atom. The van der Waals surface area contributed by atoms with Crippen molar-refractivity contribution in [3.05, 3.63) is 28.8 Å². The van der Waals surface area contributed by atoms with Gasteiger partial charge in [0.1, 0.15) is 22.4 Å². The number of esters is 1. The van der Waals surface area contributed by atoms with Crippen molar-refractivity contribution in [2.45, 2.75) is 71.1 Å². The molecule has 0 radical (unpaired) electrons. The number of ether oxygens (including phenoxy) is 1. The van der Waals surface area contributed by atoms with Crippen LogP contribution in [0.15, 0.2) is 12.1 Å². The Bertz CT molecular complexity index is 721. The van der Waals surface area contributed by atoms with E-state index in [9.17, 15) is 13.6 Å². The lowest BCUT2D eigenvalue weighted by molar-refractivity contribution is -0.144. The number of carbonyl (C=O) groups is 1. The Labute approximate surface area is 177 Å². The van der Waals surface area contributed by atoms with Crippen LogP contribution in [0, 0.1) is 47.1 Å². The van der Waals surface area contributed by atoms with Gasteiger partial charge in [0.2, 0.25) is 0 Å². The van der Waals surface area contributed by atoms with Crippen molar-refractivity contribution in [3.8, 4) is 5.75 Å². The lowest BCUT2D eigenvalue weighted by atomic mass is 9.59. The molecule has 0 aromatic heterocycles. The summed E-state index contributed by atoms with van der Waals surface area (Å²) in [6.45, 7) is 2.36. The van der Waals surface area contributed by atoms with Gasteiger partial charge in [-0.2, -0.15) is 0 Å². The van der Waals surface area contributed by atoms with Gasteiger partial charge in [-0.05, 0) is 68.1 Å². The fourth-order valence-corrected chi connectivity index (χ4v) is 6.37. The minimum Gasteiger partial charge on any atom is -0.426 e. The second kappa shape index (κ2) is 8.91. The molecule has 160 valence electrons. The van der Waals surface area contributed by atoms with E-state index in [4.69, 9.17) is 16.3 Å². The third kappa shape index (κ3) is 4.62. The van der Waals surface area contributed by atoms with Crippen LogP contribution in [-0.4, -0.2) is 5.97 Å². The van der Waals surface area contributed by atoms with Gasteiger partial charge in [0.05, 0.1) is 5.92 Å². The molecule has 4 atom stereocenters. The van der Waals surface area contributed by atoms with Crippen molar-refractivity contribution in [2.75, 3.05) is 0 Å². The molecular weight excluding hydrogens is 394 g/mol. The minimum atomic E-state index is -0.904. The quantitative estimate of drug-likeness (QED) is 0.291. The van der Waals surface area contributed by atoms with Crippen LogP contribution < -0.4 is 4.74 Å². The number of carbonyl (C=O) groups excluding carboxylic acids is 1. The topological polar surface area (TPSA) is 26.3 Å². The Balaban J connectivity index is 1.39. The van der Waals surface area contributed by atoms with Crippen molar-refractivity contribution < 1.29 is 18.3 Å². The molecule has 3 fully saturated rings. The van der Waals surface area contributed by atoms with E-state index in [1.54, 1.807) is 0 Å². The van der Waals surface area contributed by atoms with Gasteiger partial charge in [-0.1, -0.05) is 44.2 Å². The summed E-state index contributed by atoms with van der Waals surface area (Å²) in [4.78, 5) is 12.8. The SMILES string of the molecule is CC1CCC(C2CCC3C(CCCC3C(=O)Oc3cc(F)c(Cl)c(F)c3)C2)CC1. The van der Waals surface area contributed by atoms with Crippen LogP contribution in [0.5, 0.6) is 5.75 Å². The molecule has 0 bridgehead atoms. The highest BCUT2D eigenvalue weighted by atomic mass is 35.5. The first-order valence-electron chi connectivity index (χ1n) is 11.3. The summed E-state index contributed by atoms with van der Waals surface area (Å²) in [6, 6.07) is 1.98. The molecule has 0 spiro atoms. The van der Waals surface area contributed by atoms with E-state index < -0.39 is 16.7 Å². The van der Waals surface area contributed by atoms with Crippen LogP contribution in [0.3, 0.4) is 0 Å². The van der Waals surface area contributed by atoms with Crippen LogP contribution in [0.4, 0.5) is 8.78 Å². The van der Waals surface area contributed by atoms with E-state index >= 15 is 0 Å². The van der Waals surface area contributed by atoms with E-state index in [2.05, 4.69) is 6.92 Å². The highest BCUT2D eigenvalue weighted by Gasteiger charge is 2.43. The molecule has 0 heterocycles. The second-order valence-corrected chi connectivity index (χ2v) is 10.1. The van der Waals surface area contributed by atoms with Gasteiger partial charge in [0.15, 0.2) is 0 Å². The van der Waals surface area contributed by atoms with Gasteiger partial charge in [-0.15, -0.1) is 0 Å². The zero-order valence-corrected chi connectivity index (χ0v) is 17.9. The molecule has 1 aromatic carbocycles. The monoisotopic (exact) mass is 424 g/mol. The number of halogens is 3. The lowest BCUT2D eigenvalue weighted by Gasteiger charge is -2.45. The molecular formula is C24H31ClF2O2. The number of hydrogen-bond acceptors (Lipinski definition) is 2. The Kier molecular flexibility index (Phi) is 6.48. The molecule has 5 heteroatoms. The predicted molar refractivity (Wildman–Crippen MR) is 110 cm³/mol. The van der Waals surface area contributed by atoms with Crippen LogP contribution in [0.1, 0.15) is 71.1 Å². The van der Waals surface area contributed by atoms with Crippen molar-refractivity contribution in [1.29, 1.82) is 0 Å². The zero-order valence-electron chi connectivity index (χ0n) is 17.1. The van der Waals surface area contributed by atoms with Crippen molar-refractivity contribution >= 4 is 17.6 Å². The molecule has 3 aliphatic rings. The summed E-state index contributed by atoms with van der Waals surface area (Å²) < 4.78 is 32.8. The van der Waals surface area contributed by atoms with Gasteiger partial charge < -0.3 is 4.74 Å².